The lowest BCUT2D eigenvalue weighted by Gasteiger charge is -2.31. The van der Waals surface area contributed by atoms with Crippen molar-refractivity contribution >= 4 is 16.2 Å². The largest absolute Gasteiger partial charge is 0.480 e. The molecule has 2 aliphatic rings. The third-order valence-electron chi connectivity index (χ3n) is 2.94. The van der Waals surface area contributed by atoms with E-state index in [1.54, 1.807) is 0 Å². The van der Waals surface area contributed by atoms with E-state index in [1.807, 2.05) is 0 Å². The van der Waals surface area contributed by atoms with Crippen molar-refractivity contribution in [2.75, 3.05) is 6.54 Å². The summed E-state index contributed by atoms with van der Waals surface area (Å²) in [5.74, 6) is -1.05. The highest BCUT2D eigenvalue weighted by molar-refractivity contribution is 7.87. The Balaban J connectivity index is 2.11. The maximum atomic E-state index is 11.9. The summed E-state index contributed by atoms with van der Waals surface area (Å²) in [6, 6.07) is -0.883. The summed E-state index contributed by atoms with van der Waals surface area (Å²) in [6.07, 6.45) is 3.61. The maximum absolute atomic E-state index is 11.9. The van der Waals surface area contributed by atoms with Gasteiger partial charge in [-0.25, -0.2) is 0 Å². The van der Waals surface area contributed by atoms with E-state index in [1.165, 1.54) is 0 Å². The van der Waals surface area contributed by atoms with Crippen LogP contribution >= 0.6 is 0 Å². The van der Waals surface area contributed by atoms with E-state index in [9.17, 15) is 13.2 Å². The van der Waals surface area contributed by atoms with E-state index >= 15 is 0 Å². The summed E-state index contributed by atoms with van der Waals surface area (Å²) >= 11 is 0. The lowest BCUT2D eigenvalue weighted by atomic mass is 10.1. The summed E-state index contributed by atoms with van der Waals surface area (Å²) in [6.45, 7) is 0.305. The molecule has 1 saturated carbocycles. The molecule has 0 aromatic rings. The predicted molar refractivity (Wildman–Crippen MR) is 57.1 cm³/mol. The molecule has 0 aromatic heterocycles. The van der Waals surface area contributed by atoms with Crippen LogP contribution in [0.2, 0.25) is 0 Å². The number of rotatable bonds is 4. The molecule has 0 aromatic carbocycles. The molecule has 2 fully saturated rings. The van der Waals surface area contributed by atoms with Crippen LogP contribution in [0.5, 0.6) is 0 Å². The summed E-state index contributed by atoms with van der Waals surface area (Å²) < 4.78 is 27.4. The molecule has 16 heavy (non-hydrogen) atoms. The average molecular weight is 248 g/mol. The highest BCUT2D eigenvalue weighted by Gasteiger charge is 2.39. The van der Waals surface area contributed by atoms with Crippen LogP contribution in [-0.4, -0.2) is 42.4 Å². The van der Waals surface area contributed by atoms with Crippen LogP contribution in [0, 0.1) is 0 Å². The number of carbonyl (C=O) groups is 1. The number of hydrogen-bond donors (Lipinski definition) is 2. The molecule has 6 nitrogen and oxygen atoms in total. The Morgan fingerprint density at radius 2 is 1.94 bits per heavy atom. The lowest BCUT2D eigenvalue weighted by molar-refractivity contribution is -0.142. The second-order valence-corrected chi connectivity index (χ2v) is 6.01. The van der Waals surface area contributed by atoms with Gasteiger partial charge in [0.1, 0.15) is 6.04 Å². The number of aliphatic carboxylic acids is 1. The highest BCUT2D eigenvalue weighted by atomic mass is 32.2. The molecular formula is C9H16N2O4S. The number of carboxylic acids is 1. The van der Waals surface area contributed by atoms with Crippen LogP contribution in [0.3, 0.4) is 0 Å². The Morgan fingerprint density at radius 1 is 1.25 bits per heavy atom. The average Bonchev–Trinajstić information content (AvgIpc) is 3.01. The minimum Gasteiger partial charge on any atom is -0.480 e. The van der Waals surface area contributed by atoms with Crippen molar-refractivity contribution in [1.82, 2.24) is 9.03 Å². The fraction of sp³-hybridized carbons (Fsp3) is 0.889. The first-order chi connectivity index (χ1) is 7.50. The number of nitrogens with one attached hydrogen (secondary N) is 1. The molecule has 0 radical (unpaired) electrons. The van der Waals surface area contributed by atoms with Gasteiger partial charge in [-0.1, -0.05) is 0 Å². The van der Waals surface area contributed by atoms with Crippen molar-refractivity contribution in [2.45, 2.75) is 44.2 Å². The number of carboxylic acid groups (broad SMARTS) is 1. The zero-order chi connectivity index (χ0) is 11.8. The van der Waals surface area contributed by atoms with E-state index in [0.29, 0.717) is 13.0 Å². The van der Waals surface area contributed by atoms with Gasteiger partial charge in [0, 0.05) is 12.6 Å². The van der Waals surface area contributed by atoms with Crippen molar-refractivity contribution in [3.8, 4) is 0 Å². The highest BCUT2D eigenvalue weighted by Crippen LogP contribution is 2.24. The Hall–Kier alpha value is -0.660. The van der Waals surface area contributed by atoms with Crippen molar-refractivity contribution in [3.63, 3.8) is 0 Å². The molecule has 0 amide bonds. The standard InChI is InChI=1S/C9H16N2O4S/c12-9(13)8-3-1-2-6-11(8)16(14,15)10-7-4-5-7/h7-8,10H,1-6H2,(H,12,13)/t8-/m0/s1. The third-order valence-corrected chi connectivity index (χ3v) is 4.63. The molecule has 0 unspecified atom stereocenters. The van der Waals surface area contributed by atoms with Crippen LogP contribution in [-0.2, 0) is 15.0 Å². The van der Waals surface area contributed by atoms with Gasteiger partial charge < -0.3 is 5.11 Å². The van der Waals surface area contributed by atoms with Gasteiger partial charge in [0.25, 0.3) is 10.2 Å². The van der Waals surface area contributed by atoms with Crippen LogP contribution in [0.15, 0.2) is 0 Å². The predicted octanol–water partition coefficient (Wildman–Crippen LogP) is -0.0777. The van der Waals surface area contributed by atoms with Crippen LogP contribution in [0.4, 0.5) is 0 Å². The van der Waals surface area contributed by atoms with Crippen molar-refractivity contribution in [1.29, 1.82) is 0 Å². The smallest absolute Gasteiger partial charge is 0.322 e. The van der Waals surface area contributed by atoms with E-state index in [4.69, 9.17) is 5.11 Å². The second-order valence-electron chi connectivity index (χ2n) is 4.36. The molecule has 1 heterocycles. The van der Waals surface area contributed by atoms with Gasteiger partial charge in [-0.3, -0.25) is 4.79 Å². The summed E-state index contributed by atoms with van der Waals surface area (Å²) in [4.78, 5) is 11.0. The van der Waals surface area contributed by atoms with Crippen LogP contribution in [0.25, 0.3) is 0 Å². The van der Waals surface area contributed by atoms with Gasteiger partial charge >= 0.3 is 5.97 Å². The molecule has 1 saturated heterocycles. The molecule has 1 aliphatic carbocycles. The van der Waals surface area contributed by atoms with Gasteiger partial charge in [-0.15, -0.1) is 0 Å². The normalized spacial score (nSPS) is 27.9. The minimum absolute atomic E-state index is 0.0152. The van der Waals surface area contributed by atoms with Gasteiger partial charge in [0.05, 0.1) is 0 Å². The van der Waals surface area contributed by atoms with Crippen LogP contribution < -0.4 is 4.72 Å². The first-order valence-electron chi connectivity index (χ1n) is 5.52. The zero-order valence-corrected chi connectivity index (χ0v) is 9.74. The van der Waals surface area contributed by atoms with Gasteiger partial charge in [0.2, 0.25) is 0 Å². The lowest BCUT2D eigenvalue weighted by Crippen LogP contribution is -2.52. The summed E-state index contributed by atoms with van der Waals surface area (Å²) in [7, 11) is -3.61. The number of nitrogens with zero attached hydrogens (tertiary/aromatic N) is 1. The summed E-state index contributed by atoms with van der Waals surface area (Å²) in [5, 5.41) is 8.99. The Bertz CT molecular complexity index is 377. The molecule has 2 N–H and O–H groups in total. The Kier molecular flexibility index (Phi) is 3.18. The second kappa shape index (κ2) is 4.31. The molecular weight excluding hydrogens is 232 g/mol. The third kappa shape index (κ3) is 2.53. The molecule has 7 heteroatoms. The fourth-order valence-corrected chi connectivity index (χ4v) is 3.61. The first-order valence-corrected chi connectivity index (χ1v) is 6.96. The van der Waals surface area contributed by atoms with Crippen molar-refractivity contribution in [2.24, 2.45) is 0 Å². The number of piperidine rings is 1. The summed E-state index contributed by atoms with van der Waals surface area (Å²) in [5.41, 5.74) is 0. The van der Waals surface area contributed by atoms with E-state index in [0.717, 1.165) is 30.0 Å². The van der Waals surface area contributed by atoms with E-state index < -0.39 is 22.2 Å². The molecule has 2 rings (SSSR count). The van der Waals surface area contributed by atoms with Crippen LogP contribution in [0.1, 0.15) is 32.1 Å². The maximum Gasteiger partial charge on any atom is 0.322 e. The topological polar surface area (TPSA) is 86.7 Å². The molecule has 1 aliphatic heterocycles. The fourth-order valence-electron chi connectivity index (χ4n) is 1.92. The molecule has 0 bridgehead atoms. The van der Waals surface area contributed by atoms with Gasteiger partial charge in [-0.2, -0.15) is 17.4 Å². The number of hydrogen-bond acceptors (Lipinski definition) is 3. The quantitative estimate of drug-likeness (QED) is 0.728. The van der Waals surface area contributed by atoms with Gasteiger partial charge in [0.15, 0.2) is 0 Å². The monoisotopic (exact) mass is 248 g/mol. The minimum atomic E-state index is -3.61. The van der Waals surface area contributed by atoms with Crippen molar-refractivity contribution < 1.29 is 18.3 Å². The van der Waals surface area contributed by atoms with E-state index in [2.05, 4.69) is 4.72 Å². The molecule has 0 spiro atoms. The molecule has 92 valence electrons. The van der Waals surface area contributed by atoms with Crippen molar-refractivity contribution in [3.05, 3.63) is 0 Å². The molecule has 1 atom stereocenters. The SMILES string of the molecule is O=C(O)[C@@H]1CCCCN1S(=O)(=O)NC1CC1. The Labute approximate surface area is 94.8 Å². The first kappa shape index (κ1) is 11.8. The zero-order valence-electron chi connectivity index (χ0n) is 8.92. The Morgan fingerprint density at radius 3 is 2.50 bits per heavy atom. The van der Waals surface area contributed by atoms with Gasteiger partial charge in [-0.05, 0) is 32.1 Å². The van der Waals surface area contributed by atoms with E-state index in [-0.39, 0.29) is 6.04 Å².